The second kappa shape index (κ2) is 7.34. The number of benzene rings is 1. The molecule has 0 aliphatic carbocycles. The molecule has 2 heterocycles. The summed E-state index contributed by atoms with van der Waals surface area (Å²) in [7, 11) is 0. The maximum absolute atomic E-state index is 12.7. The summed E-state index contributed by atoms with van der Waals surface area (Å²) >= 11 is 0. The zero-order valence-corrected chi connectivity index (χ0v) is 14.5. The molecule has 0 saturated carbocycles. The zero-order valence-electron chi connectivity index (χ0n) is 14.5. The van der Waals surface area contributed by atoms with Crippen molar-refractivity contribution in [1.82, 2.24) is 10.6 Å². The lowest BCUT2D eigenvalue weighted by Crippen LogP contribution is -2.48. The van der Waals surface area contributed by atoms with E-state index in [9.17, 15) is 9.59 Å². The van der Waals surface area contributed by atoms with Crippen LogP contribution in [0.3, 0.4) is 0 Å². The van der Waals surface area contributed by atoms with Gasteiger partial charge in [-0.15, -0.1) is 0 Å². The van der Waals surface area contributed by atoms with Crippen LogP contribution in [0.5, 0.6) is 0 Å². The monoisotopic (exact) mass is 329 g/mol. The van der Waals surface area contributed by atoms with Crippen molar-refractivity contribution in [3.8, 4) is 0 Å². The van der Waals surface area contributed by atoms with E-state index in [1.165, 1.54) is 5.56 Å². The minimum atomic E-state index is -0.545. The first kappa shape index (κ1) is 17.0. The average molecular weight is 329 g/mol. The summed E-state index contributed by atoms with van der Waals surface area (Å²) in [5, 5.41) is 6.32. The highest BCUT2D eigenvalue weighted by molar-refractivity contribution is 6.09. The predicted octanol–water partition coefficient (Wildman–Crippen LogP) is 2.03. The van der Waals surface area contributed by atoms with Gasteiger partial charge >= 0.3 is 0 Å². The largest absolute Gasteiger partial charge is 0.351 e. The van der Waals surface area contributed by atoms with Crippen LogP contribution in [0.4, 0.5) is 5.69 Å². The fraction of sp³-hybridized carbons (Fsp3) is 0.579. The molecule has 1 aromatic rings. The number of anilines is 1. The number of carbonyl (C=O) groups excluding carboxylic acids is 2. The van der Waals surface area contributed by atoms with Gasteiger partial charge in [0, 0.05) is 24.8 Å². The van der Waals surface area contributed by atoms with Crippen LogP contribution in [-0.4, -0.2) is 37.5 Å². The maximum atomic E-state index is 12.7. The van der Waals surface area contributed by atoms with Crippen LogP contribution in [0.2, 0.25) is 0 Å². The molecule has 2 fully saturated rings. The average Bonchev–Trinajstić information content (AvgIpc) is 2.97. The minimum absolute atomic E-state index is 0.0754. The Balaban J connectivity index is 1.62. The van der Waals surface area contributed by atoms with E-state index in [1.54, 1.807) is 4.90 Å². The number of hydrogen-bond donors (Lipinski definition) is 2. The van der Waals surface area contributed by atoms with Crippen molar-refractivity contribution in [2.24, 2.45) is 5.92 Å². The first-order chi connectivity index (χ1) is 11.6. The van der Waals surface area contributed by atoms with E-state index in [0.717, 1.165) is 31.6 Å². The molecule has 2 atom stereocenters. The number of nitrogens with zero attached hydrogens (tertiary/aromatic N) is 1. The Bertz CT molecular complexity index is 591. The summed E-state index contributed by atoms with van der Waals surface area (Å²) in [6.07, 6.45) is 2.65. The fourth-order valence-corrected chi connectivity index (χ4v) is 3.50. The topological polar surface area (TPSA) is 61.4 Å². The molecule has 2 aliphatic heterocycles. The number of carbonyl (C=O) groups is 2. The minimum Gasteiger partial charge on any atom is -0.351 e. The van der Waals surface area contributed by atoms with E-state index in [-0.39, 0.29) is 17.9 Å². The molecule has 130 valence electrons. The van der Waals surface area contributed by atoms with Crippen molar-refractivity contribution in [2.45, 2.75) is 45.1 Å². The molecule has 24 heavy (non-hydrogen) atoms. The summed E-state index contributed by atoms with van der Waals surface area (Å²) in [6, 6.07) is 8.25. The molecule has 0 bridgehead atoms. The van der Waals surface area contributed by atoms with E-state index in [2.05, 4.69) is 36.6 Å². The summed E-state index contributed by atoms with van der Waals surface area (Å²) in [5.41, 5.74) is 2.14. The molecule has 5 heteroatoms. The molecule has 2 N–H and O–H groups in total. The highest BCUT2D eigenvalue weighted by atomic mass is 16.2. The second-order valence-corrected chi connectivity index (χ2v) is 7.13. The van der Waals surface area contributed by atoms with Gasteiger partial charge in [-0.3, -0.25) is 9.59 Å². The Morgan fingerprint density at radius 2 is 2.00 bits per heavy atom. The molecule has 2 unspecified atom stereocenters. The molecule has 1 aromatic carbocycles. The summed E-state index contributed by atoms with van der Waals surface area (Å²) in [6.45, 7) is 6.72. The van der Waals surface area contributed by atoms with Crippen molar-refractivity contribution in [3.63, 3.8) is 0 Å². The van der Waals surface area contributed by atoms with Gasteiger partial charge in [0.2, 0.25) is 11.8 Å². The van der Waals surface area contributed by atoms with Crippen molar-refractivity contribution < 1.29 is 9.59 Å². The summed E-state index contributed by atoms with van der Waals surface area (Å²) in [4.78, 5) is 26.9. The van der Waals surface area contributed by atoms with E-state index >= 15 is 0 Å². The van der Waals surface area contributed by atoms with Crippen molar-refractivity contribution in [3.05, 3.63) is 29.8 Å². The lowest BCUT2D eigenvalue weighted by Gasteiger charge is -2.25. The third-order valence-electron chi connectivity index (χ3n) is 5.04. The highest BCUT2D eigenvalue weighted by Crippen LogP contribution is 2.27. The number of piperidine rings is 1. The van der Waals surface area contributed by atoms with Crippen molar-refractivity contribution in [2.75, 3.05) is 24.5 Å². The molecule has 3 rings (SSSR count). The number of hydrogen-bond acceptors (Lipinski definition) is 3. The molecule has 0 radical (unpaired) electrons. The van der Waals surface area contributed by atoms with Crippen LogP contribution in [0.15, 0.2) is 24.3 Å². The fourth-order valence-electron chi connectivity index (χ4n) is 3.50. The molecular formula is C19H27N3O2. The van der Waals surface area contributed by atoms with Crippen molar-refractivity contribution >= 4 is 17.5 Å². The SMILES string of the molecule is CC(C)c1ccc(N2CCC(C(=O)NC3CCCNC3)C2=O)cc1. The van der Waals surface area contributed by atoms with Crippen LogP contribution in [-0.2, 0) is 9.59 Å². The number of amides is 2. The molecule has 2 aliphatic rings. The first-order valence-electron chi connectivity index (χ1n) is 8.98. The van der Waals surface area contributed by atoms with Gasteiger partial charge in [-0.05, 0) is 49.4 Å². The van der Waals surface area contributed by atoms with E-state index in [0.29, 0.717) is 18.9 Å². The van der Waals surface area contributed by atoms with E-state index in [4.69, 9.17) is 0 Å². The lowest BCUT2D eigenvalue weighted by atomic mass is 10.0. The molecule has 0 spiro atoms. The summed E-state index contributed by atoms with van der Waals surface area (Å²) < 4.78 is 0. The van der Waals surface area contributed by atoms with Gasteiger partial charge in [0.15, 0.2) is 0 Å². The Kier molecular flexibility index (Phi) is 5.19. The molecular weight excluding hydrogens is 302 g/mol. The quantitative estimate of drug-likeness (QED) is 0.831. The van der Waals surface area contributed by atoms with Crippen molar-refractivity contribution in [1.29, 1.82) is 0 Å². The summed E-state index contributed by atoms with van der Waals surface area (Å²) in [5.74, 6) is -0.267. The molecule has 2 saturated heterocycles. The third-order valence-corrected chi connectivity index (χ3v) is 5.04. The molecule has 0 aromatic heterocycles. The Morgan fingerprint density at radius 1 is 1.25 bits per heavy atom. The second-order valence-electron chi connectivity index (χ2n) is 7.13. The normalized spacial score (nSPS) is 24.5. The van der Waals surface area contributed by atoms with Crippen LogP contribution < -0.4 is 15.5 Å². The standard InChI is InChI=1S/C19H27N3O2/c1-13(2)14-5-7-16(8-6-14)22-11-9-17(19(22)24)18(23)21-15-4-3-10-20-12-15/h5-8,13,15,17,20H,3-4,9-12H2,1-2H3,(H,21,23). The maximum Gasteiger partial charge on any atom is 0.239 e. The molecule has 2 amide bonds. The smallest absolute Gasteiger partial charge is 0.239 e. The zero-order chi connectivity index (χ0) is 17.1. The van der Waals surface area contributed by atoms with Crippen LogP contribution in [0.1, 0.15) is 44.6 Å². The molecule has 5 nitrogen and oxygen atoms in total. The Morgan fingerprint density at radius 3 is 2.62 bits per heavy atom. The van der Waals surface area contributed by atoms with Gasteiger partial charge < -0.3 is 15.5 Å². The Labute approximate surface area is 143 Å². The van der Waals surface area contributed by atoms with Gasteiger partial charge in [-0.25, -0.2) is 0 Å². The van der Waals surface area contributed by atoms with Crippen LogP contribution in [0.25, 0.3) is 0 Å². The third kappa shape index (κ3) is 3.61. The van der Waals surface area contributed by atoms with Gasteiger partial charge in [0.1, 0.15) is 5.92 Å². The van der Waals surface area contributed by atoms with Gasteiger partial charge in [0.25, 0.3) is 0 Å². The first-order valence-corrected chi connectivity index (χ1v) is 8.98. The number of rotatable bonds is 4. The van der Waals surface area contributed by atoms with Gasteiger partial charge in [-0.1, -0.05) is 26.0 Å². The van der Waals surface area contributed by atoms with Gasteiger partial charge in [-0.2, -0.15) is 0 Å². The van der Waals surface area contributed by atoms with Gasteiger partial charge in [0.05, 0.1) is 0 Å². The van der Waals surface area contributed by atoms with Crippen LogP contribution >= 0.6 is 0 Å². The number of nitrogens with one attached hydrogen (secondary N) is 2. The predicted molar refractivity (Wildman–Crippen MR) is 95.0 cm³/mol. The van der Waals surface area contributed by atoms with E-state index < -0.39 is 5.92 Å². The van der Waals surface area contributed by atoms with Crippen LogP contribution in [0, 0.1) is 5.92 Å². The lowest BCUT2D eigenvalue weighted by molar-refractivity contribution is -0.132. The van der Waals surface area contributed by atoms with E-state index in [1.807, 2.05) is 12.1 Å². The highest BCUT2D eigenvalue weighted by Gasteiger charge is 2.38. The Hall–Kier alpha value is -1.88.